The van der Waals surface area contributed by atoms with E-state index in [0.717, 1.165) is 19.4 Å². The summed E-state index contributed by atoms with van der Waals surface area (Å²) in [5.41, 5.74) is 0. The normalized spacial score (nSPS) is 22.0. The van der Waals surface area contributed by atoms with Crippen LogP contribution in [0.3, 0.4) is 0 Å². The van der Waals surface area contributed by atoms with E-state index in [-0.39, 0.29) is 11.7 Å². The molecule has 1 fully saturated rings. The van der Waals surface area contributed by atoms with E-state index in [1.165, 1.54) is 12.8 Å². The molecule has 1 aliphatic heterocycles. The molecule has 1 heterocycles. The molecule has 3 heteroatoms. The zero-order valence-corrected chi connectivity index (χ0v) is 10.5. The first kappa shape index (κ1) is 13.2. The minimum Gasteiger partial charge on any atom is -0.335 e. The summed E-state index contributed by atoms with van der Waals surface area (Å²) in [6.45, 7) is 5.14. The van der Waals surface area contributed by atoms with Gasteiger partial charge in [0.05, 0.1) is 6.54 Å². The number of nitrogens with zero attached hydrogens (tertiary/aromatic N) is 1. The van der Waals surface area contributed by atoms with Gasteiger partial charge < -0.3 is 4.90 Å². The Labute approximate surface area is 98.2 Å². The number of Topliss-reactive ketones (excluding diaryl/α,β-unsaturated/α-hetero) is 1. The van der Waals surface area contributed by atoms with Gasteiger partial charge in [0.15, 0.2) is 5.78 Å². The third kappa shape index (κ3) is 3.95. The maximum Gasteiger partial charge on any atom is 0.222 e. The number of amides is 1. The fourth-order valence-corrected chi connectivity index (χ4v) is 2.28. The highest BCUT2D eigenvalue weighted by Crippen LogP contribution is 2.22. The highest BCUT2D eigenvalue weighted by Gasteiger charge is 2.22. The van der Waals surface area contributed by atoms with Gasteiger partial charge in [-0.15, -0.1) is 0 Å². The molecule has 0 spiro atoms. The number of ketones is 1. The van der Waals surface area contributed by atoms with E-state index in [1.54, 1.807) is 4.90 Å². The van der Waals surface area contributed by atoms with Gasteiger partial charge in [-0.1, -0.05) is 26.7 Å². The zero-order valence-electron chi connectivity index (χ0n) is 10.5. The fraction of sp³-hybridized carbons (Fsp3) is 0.846. The number of rotatable bonds is 5. The van der Waals surface area contributed by atoms with Gasteiger partial charge in [0.25, 0.3) is 0 Å². The predicted molar refractivity (Wildman–Crippen MR) is 64.1 cm³/mol. The monoisotopic (exact) mass is 225 g/mol. The van der Waals surface area contributed by atoms with Crippen molar-refractivity contribution in [1.82, 2.24) is 4.90 Å². The van der Waals surface area contributed by atoms with Crippen molar-refractivity contribution in [3.8, 4) is 0 Å². The van der Waals surface area contributed by atoms with E-state index in [9.17, 15) is 9.59 Å². The van der Waals surface area contributed by atoms with Gasteiger partial charge in [0.1, 0.15) is 0 Å². The topological polar surface area (TPSA) is 37.4 Å². The molecule has 1 amide bonds. The molecule has 0 aromatic rings. The summed E-state index contributed by atoms with van der Waals surface area (Å²) in [5.74, 6) is 1.01. The van der Waals surface area contributed by atoms with Crippen LogP contribution >= 0.6 is 0 Å². The van der Waals surface area contributed by atoms with Crippen molar-refractivity contribution in [2.75, 3.05) is 13.1 Å². The maximum absolute atomic E-state index is 11.8. The molecule has 0 aromatic heterocycles. The molecule has 1 rings (SSSR count). The molecular formula is C13H23NO2. The molecule has 0 N–H and O–H groups in total. The van der Waals surface area contributed by atoms with Gasteiger partial charge in [-0.2, -0.15) is 0 Å². The first-order valence-electron chi connectivity index (χ1n) is 6.46. The summed E-state index contributed by atoms with van der Waals surface area (Å²) in [7, 11) is 0. The quantitative estimate of drug-likeness (QED) is 0.720. The van der Waals surface area contributed by atoms with Crippen LogP contribution in [-0.4, -0.2) is 29.7 Å². The van der Waals surface area contributed by atoms with Gasteiger partial charge in [-0.3, -0.25) is 9.59 Å². The third-order valence-corrected chi connectivity index (χ3v) is 3.38. The van der Waals surface area contributed by atoms with Crippen LogP contribution < -0.4 is 0 Å². The van der Waals surface area contributed by atoms with Crippen molar-refractivity contribution in [1.29, 1.82) is 0 Å². The molecule has 16 heavy (non-hydrogen) atoms. The van der Waals surface area contributed by atoms with Crippen molar-refractivity contribution in [3.63, 3.8) is 0 Å². The minimum absolute atomic E-state index is 0.167. The maximum atomic E-state index is 11.8. The number of hydrogen-bond acceptors (Lipinski definition) is 2. The van der Waals surface area contributed by atoms with E-state index >= 15 is 0 Å². The Bertz CT molecular complexity index is 250. The third-order valence-electron chi connectivity index (χ3n) is 3.38. The number of likely N-dealkylation sites (tertiary alicyclic amines) is 1. The van der Waals surface area contributed by atoms with E-state index in [4.69, 9.17) is 0 Å². The van der Waals surface area contributed by atoms with Crippen LogP contribution in [0.2, 0.25) is 0 Å². The van der Waals surface area contributed by atoms with E-state index in [0.29, 0.717) is 25.3 Å². The molecule has 1 aliphatic rings. The van der Waals surface area contributed by atoms with Crippen LogP contribution in [0, 0.1) is 5.92 Å². The summed E-state index contributed by atoms with van der Waals surface area (Å²) >= 11 is 0. The molecule has 1 saturated heterocycles. The van der Waals surface area contributed by atoms with Crippen molar-refractivity contribution in [2.24, 2.45) is 5.92 Å². The van der Waals surface area contributed by atoms with Gasteiger partial charge in [0, 0.05) is 19.4 Å². The van der Waals surface area contributed by atoms with E-state index < -0.39 is 0 Å². The van der Waals surface area contributed by atoms with Crippen LogP contribution in [0.25, 0.3) is 0 Å². The number of hydrogen-bond donors (Lipinski definition) is 0. The van der Waals surface area contributed by atoms with Gasteiger partial charge in [0.2, 0.25) is 5.91 Å². The Morgan fingerprint density at radius 2 is 2.12 bits per heavy atom. The van der Waals surface area contributed by atoms with Gasteiger partial charge in [-0.05, 0) is 18.8 Å². The predicted octanol–water partition coefficient (Wildman–Crippen LogP) is 2.39. The molecule has 0 radical (unpaired) electrons. The van der Waals surface area contributed by atoms with Crippen molar-refractivity contribution >= 4 is 11.7 Å². The van der Waals surface area contributed by atoms with Gasteiger partial charge >= 0.3 is 0 Å². The van der Waals surface area contributed by atoms with Crippen LogP contribution in [0.5, 0.6) is 0 Å². The summed E-state index contributed by atoms with van der Waals surface area (Å²) < 4.78 is 0. The Balaban J connectivity index is 2.47. The minimum atomic E-state index is 0.167. The SMILES string of the molecule is CCCC1CCC(=O)N(CC(=O)CC)CC1. The van der Waals surface area contributed by atoms with Crippen molar-refractivity contribution < 1.29 is 9.59 Å². The van der Waals surface area contributed by atoms with Crippen LogP contribution in [-0.2, 0) is 9.59 Å². The Morgan fingerprint density at radius 1 is 1.38 bits per heavy atom. The van der Waals surface area contributed by atoms with Crippen molar-refractivity contribution in [3.05, 3.63) is 0 Å². The van der Waals surface area contributed by atoms with Crippen LogP contribution in [0.4, 0.5) is 0 Å². The lowest BCUT2D eigenvalue weighted by molar-refractivity contribution is -0.134. The van der Waals surface area contributed by atoms with E-state index in [2.05, 4.69) is 6.92 Å². The molecule has 0 bridgehead atoms. The molecule has 0 saturated carbocycles. The first-order chi connectivity index (χ1) is 7.67. The molecule has 92 valence electrons. The summed E-state index contributed by atoms with van der Waals surface area (Å²) in [6, 6.07) is 0. The molecule has 0 aromatic carbocycles. The average Bonchev–Trinajstić information content (AvgIpc) is 2.44. The largest absolute Gasteiger partial charge is 0.335 e. The number of carbonyl (C=O) groups excluding carboxylic acids is 2. The lowest BCUT2D eigenvalue weighted by atomic mass is 9.96. The first-order valence-corrected chi connectivity index (χ1v) is 6.46. The Morgan fingerprint density at radius 3 is 2.75 bits per heavy atom. The van der Waals surface area contributed by atoms with Crippen LogP contribution in [0.15, 0.2) is 0 Å². The molecular weight excluding hydrogens is 202 g/mol. The second-order valence-electron chi connectivity index (χ2n) is 4.69. The van der Waals surface area contributed by atoms with Crippen LogP contribution in [0.1, 0.15) is 52.4 Å². The number of carbonyl (C=O) groups is 2. The highest BCUT2D eigenvalue weighted by atomic mass is 16.2. The zero-order chi connectivity index (χ0) is 12.0. The average molecular weight is 225 g/mol. The summed E-state index contributed by atoms with van der Waals surface area (Å²) in [6.07, 6.45) is 5.62. The molecule has 1 atom stereocenters. The lowest BCUT2D eigenvalue weighted by Gasteiger charge is -2.19. The second-order valence-corrected chi connectivity index (χ2v) is 4.69. The highest BCUT2D eigenvalue weighted by molar-refractivity contribution is 5.86. The summed E-state index contributed by atoms with van der Waals surface area (Å²) in [4.78, 5) is 24.9. The lowest BCUT2D eigenvalue weighted by Crippen LogP contribution is -2.35. The molecule has 3 nitrogen and oxygen atoms in total. The van der Waals surface area contributed by atoms with Gasteiger partial charge in [-0.25, -0.2) is 0 Å². The standard InChI is InChI=1S/C13H23NO2/c1-3-5-11-6-7-13(16)14(9-8-11)10-12(15)4-2/h11H,3-10H2,1-2H3. The smallest absolute Gasteiger partial charge is 0.222 e. The molecule has 1 unspecified atom stereocenters. The molecule has 0 aliphatic carbocycles. The Hall–Kier alpha value is -0.860. The fourth-order valence-electron chi connectivity index (χ4n) is 2.28. The summed E-state index contributed by atoms with van der Waals surface area (Å²) in [5, 5.41) is 0. The second kappa shape index (κ2) is 6.66. The van der Waals surface area contributed by atoms with E-state index in [1.807, 2.05) is 6.92 Å². The Kier molecular flexibility index (Phi) is 5.50. The van der Waals surface area contributed by atoms with Crippen molar-refractivity contribution in [2.45, 2.75) is 52.4 Å².